The van der Waals surface area contributed by atoms with Crippen LogP contribution in [0.15, 0.2) is 54.6 Å². The van der Waals surface area contributed by atoms with Crippen LogP contribution in [0.4, 0.5) is 5.69 Å². The summed E-state index contributed by atoms with van der Waals surface area (Å²) in [5, 5.41) is 3.15. The third kappa shape index (κ3) is 4.07. The van der Waals surface area contributed by atoms with E-state index in [1.165, 1.54) is 5.56 Å². The summed E-state index contributed by atoms with van der Waals surface area (Å²) >= 11 is 0. The van der Waals surface area contributed by atoms with Crippen LogP contribution in [0, 0.1) is 11.8 Å². The van der Waals surface area contributed by atoms with Crippen LogP contribution >= 0.6 is 0 Å². The van der Waals surface area contributed by atoms with Gasteiger partial charge in [-0.1, -0.05) is 48.5 Å². The lowest BCUT2D eigenvalue weighted by atomic mass is 9.80. The summed E-state index contributed by atoms with van der Waals surface area (Å²) in [7, 11) is 0. The number of hydrogen-bond donors (Lipinski definition) is 1. The van der Waals surface area contributed by atoms with Crippen molar-refractivity contribution in [2.45, 2.75) is 58.0 Å². The molecule has 2 unspecified atom stereocenters. The molecule has 1 heterocycles. The molecule has 1 aliphatic carbocycles. The molecule has 0 saturated heterocycles. The highest BCUT2D eigenvalue weighted by Gasteiger charge is 2.37. The number of fused-ring (bicyclic) bond motifs is 1. The van der Waals surface area contributed by atoms with Crippen LogP contribution in [-0.2, 0) is 16.0 Å². The van der Waals surface area contributed by atoms with Gasteiger partial charge in [-0.2, -0.15) is 0 Å². The highest BCUT2D eigenvalue weighted by Crippen LogP contribution is 2.37. The lowest BCUT2D eigenvalue weighted by molar-refractivity contribution is -0.129. The first-order valence-corrected chi connectivity index (χ1v) is 10.8. The predicted molar refractivity (Wildman–Crippen MR) is 116 cm³/mol. The number of amides is 2. The first-order valence-electron chi connectivity index (χ1n) is 10.8. The van der Waals surface area contributed by atoms with Crippen molar-refractivity contribution in [1.29, 1.82) is 0 Å². The second-order valence-corrected chi connectivity index (χ2v) is 8.58. The fraction of sp³-hybridized carbons (Fsp3) is 0.440. The monoisotopic (exact) mass is 390 g/mol. The van der Waals surface area contributed by atoms with Crippen molar-refractivity contribution in [3.63, 3.8) is 0 Å². The molecule has 0 bridgehead atoms. The van der Waals surface area contributed by atoms with Crippen LogP contribution in [0.25, 0.3) is 0 Å². The SMILES string of the molecule is CC(NC(=O)C1CCC(C(=O)N2c3ccccc3CC2C)CC1)c1ccccc1. The molecule has 1 saturated carbocycles. The zero-order valence-corrected chi connectivity index (χ0v) is 17.3. The normalized spacial score (nSPS) is 24.6. The van der Waals surface area contributed by atoms with Gasteiger partial charge >= 0.3 is 0 Å². The van der Waals surface area contributed by atoms with E-state index in [0.29, 0.717) is 0 Å². The number of rotatable bonds is 4. The standard InChI is InChI=1S/C25H30N2O2/c1-17-16-22-10-6-7-11-23(22)27(17)25(29)21-14-12-20(13-15-21)24(28)26-18(2)19-8-4-3-5-9-19/h3-11,17-18,20-21H,12-16H2,1-2H3,(H,26,28). The Hall–Kier alpha value is -2.62. The summed E-state index contributed by atoms with van der Waals surface area (Å²) in [6.45, 7) is 4.15. The smallest absolute Gasteiger partial charge is 0.230 e. The molecule has 4 nitrogen and oxygen atoms in total. The van der Waals surface area contributed by atoms with E-state index in [-0.39, 0.29) is 35.7 Å². The van der Waals surface area contributed by atoms with E-state index < -0.39 is 0 Å². The van der Waals surface area contributed by atoms with Crippen molar-refractivity contribution in [2.75, 3.05) is 4.90 Å². The van der Waals surface area contributed by atoms with Crippen LogP contribution in [0.5, 0.6) is 0 Å². The Labute approximate surface area is 173 Å². The van der Waals surface area contributed by atoms with E-state index in [4.69, 9.17) is 0 Å². The van der Waals surface area contributed by atoms with Crippen molar-refractivity contribution in [2.24, 2.45) is 11.8 Å². The van der Waals surface area contributed by atoms with E-state index in [9.17, 15) is 9.59 Å². The van der Waals surface area contributed by atoms with Gasteiger partial charge in [-0.3, -0.25) is 9.59 Å². The largest absolute Gasteiger partial charge is 0.349 e. The lowest BCUT2D eigenvalue weighted by Crippen LogP contribution is -2.42. The molecule has 0 spiro atoms. The molecule has 2 aromatic rings. The van der Waals surface area contributed by atoms with Crippen molar-refractivity contribution in [3.8, 4) is 0 Å². The zero-order chi connectivity index (χ0) is 20.4. The minimum atomic E-state index is 0.00464. The third-order valence-corrected chi connectivity index (χ3v) is 6.55. The number of nitrogens with one attached hydrogen (secondary N) is 1. The van der Waals surface area contributed by atoms with Gasteiger partial charge in [0.1, 0.15) is 0 Å². The fourth-order valence-electron chi connectivity index (χ4n) is 4.86. The Morgan fingerprint density at radius 2 is 1.55 bits per heavy atom. The van der Waals surface area contributed by atoms with Gasteiger partial charge in [0.05, 0.1) is 6.04 Å². The van der Waals surface area contributed by atoms with Gasteiger partial charge in [-0.05, 0) is 63.1 Å². The maximum absolute atomic E-state index is 13.2. The molecule has 2 amide bonds. The number of nitrogens with zero attached hydrogens (tertiary/aromatic N) is 1. The van der Waals surface area contributed by atoms with Gasteiger partial charge in [0, 0.05) is 23.6 Å². The van der Waals surface area contributed by atoms with E-state index in [0.717, 1.165) is 43.4 Å². The van der Waals surface area contributed by atoms with E-state index in [2.05, 4.69) is 24.4 Å². The maximum Gasteiger partial charge on any atom is 0.230 e. The Morgan fingerprint density at radius 3 is 2.28 bits per heavy atom. The minimum absolute atomic E-state index is 0.00464. The second kappa shape index (κ2) is 8.40. The number of hydrogen-bond acceptors (Lipinski definition) is 2. The van der Waals surface area contributed by atoms with E-state index in [1.807, 2.05) is 54.3 Å². The molecule has 1 N–H and O–H groups in total. The Bertz CT molecular complexity index is 871. The average molecular weight is 391 g/mol. The maximum atomic E-state index is 13.2. The molecule has 4 heteroatoms. The van der Waals surface area contributed by atoms with Crippen LogP contribution in [0.1, 0.15) is 56.7 Å². The highest BCUT2D eigenvalue weighted by atomic mass is 16.2. The summed E-state index contributed by atoms with van der Waals surface area (Å²) in [4.78, 5) is 28.0. The molecular formula is C25H30N2O2. The molecule has 0 aromatic heterocycles. The quantitative estimate of drug-likeness (QED) is 0.826. The number of carbonyl (C=O) groups is 2. The minimum Gasteiger partial charge on any atom is -0.349 e. The van der Waals surface area contributed by atoms with Crippen LogP contribution in [0.2, 0.25) is 0 Å². The first-order chi connectivity index (χ1) is 14.0. The van der Waals surface area contributed by atoms with Crippen molar-refractivity contribution >= 4 is 17.5 Å². The van der Waals surface area contributed by atoms with Crippen LogP contribution in [-0.4, -0.2) is 17.9 Å². The Morgan fingerprint density at radius 1 is 0.931 bits per heavy atom. The summed E-state index contributed by atoms with van der Waals surface area (Å²) in [5.41, 5.74) is 3.45. The fourth-order valence-corrected chi connectivity index (χ4v) is 4.86. The van der Waals surface area contributed by atoms with Crippen LogP contribution < -0.4 is 10.2 Å². The van der Waals surface area contributed by atoms with Gasteiger partial charge in [0.15, 0.2) is 0 Å². The Balaban J connectivity index is 1.33. The van der Waals surface area contributed by atoms with Crippen molar-refractivity contribution in [3.05, 3.63) is 65.7 Å². The number of benzene rings is 2. The molecule has 2 aromatic carbocycles. The molecule has 0 radical (unpaired) electrons. The molecule has 152 valence electrons. The van der Waals surface area contributed by atoms with Gasteiger partial charge < -0.3 is 10.2 Å². The second-order valence-electron chi connectivity index (χ2n) is 8.58. The lowest BCUT2D eigenvalue weighted by Gasteiger charge is -2.32. The number of para-hydroxylation sites is 1. The summed E-state index contributed by atoms with van der Waals surface area (Å²) in [5.74, 6) is 0.388. The number of carbonyl (C=O) groups excluding carboxylic acids is 2. The van der Waals surface area contributed by atoms with E-state index in [1.54, 1.807) is 0 Å². The van der Waals surface area contributed by atoms with Crippen molar-refractivity contribution < 1.29 is 9.59 Å². The summed E-state index contributed by atoms with van der Waals surface area (Å²) in [6, 6.07) is 18.5. The number of anilines is 1. The topological polar surface area (TPSA) is 49.4 Å². The molecule has 4 rings (SSSR count). The predicted octanol–water partition coefficient (Wildman–Crippen LogP) is 4.65. The van der Waals surface area contributed by atoms with Crippen molar-refractivity contribution in [1.82, 2.24) is 5.32 Å². The average Bonchev–Trinajstić information content (AvgIpc) is 3.09. The van der Waals surface area contributed by atoms with E-state index >= 15 is 0 Å². The summed E-state index contributed by atoms with van der Waals surface area (Å²) in [6.07, 6.45) is 4.09. The molecule has 1 aliphatic heterocycles. The van der Waals surface area contributed by atoms with Gasteiger partial charge in [-0.25, -0.2) is 0 Å². The molecule has 29 heavy (non-hydrogen) atoms. The van der Waals surface area contributed by atoms with Gasteiger partial charge in [-0.15, -0.1) is 0 Å². The first kappa shape index (κ1) is 19.7. The van der Waals surface area contributed by atoms with Gasteiger partial charge in [0.2, 0.25) is 11.8 Å². The Kier molecular flexibility index (Phi) is 5.70. The molecule has 2 atom stereocenters. The molecule has 2 aliphatic rings. The summed E-state index contributed by atoms with van der Waals surface area (Å²) < 4.78 is 0. The third-order valence-electron chi connectivity index (χ3n) is 6.55. The zero-order valence-electron chi connectivity index (χ0n) is 17.3. The highest BCUT2D eigenvalue weighted by molar-refractivity contribution is 5.97. The molecular weight excluding hydrogens is 360 g/mol. The molecule has 1 fully saturated rings. The van der Waals surface area contributed by atoms with Crippen LogP contribution in [0.3, 0.4) is 0 Å². The van der Waals surface area contributed by atoms with Gasteiger partial charge in [0.25, 0.3) is 0 Å².